The van der Waals surface area contributed by atoms with Crippen molar-refractivity contribution in [3.63, 3.8) is 0 Å². The number of hydrogen-bond acceptors (Lipinski definition) is 3. The highest BCUT2D eigenvalue weighted by Gasteiger charge is 2.43. The van der Waals surface area contributed by atoms with Crippen LogP contribution in [0, 0.1) is 5.92 Å². The number of carboxylic acids is 1. The Hall–Kier alpha value is -1.52. The van der Waals surface area contributed by atoms with Crippen molar-refractivity contribution in [1.29, 1.82) is 0 Å². The lowest BCUT2D eigenvalue weighted by Gasteiger charge is -2.30. The molecule has 1 aliphatic carbocycles. The van der Waals surface area contributed by atoms with Crippen molar-refractivity contribution < 1.29 is 19.4 Å². The van der Waals surface area contributed by atoms with E-state index in [1.54, 1.807) is 20.8 Å². The van der Waals surface area contributed by atoms with Crippen LogP contribution < -0.4 is 0 Å². The van der Waals surface area contributed by atoms with E-state index in [2.05, 4.69) is 6.58 Å². The summed E-state index contributed by atoms with van der Waals surface area (Å²) in [4.78, 5) is 24.6. The van der Waals surface area contributed by atoms with Crippen molar-refractivity contribution in [2.45, 2.75) is 45.3 Å². The minimum absolute atomic E-state index is 0.0370. The number of rotatable bonds is 5. The lowest BCUT2D eigenvalue weighted by atomic mass is 10.1. The summed E-state index contributed by atoms with van der Waals surface area (Å²) in [6.45, 7) is 9.00. The third-order valence-electron chi connectivity index (χ3n) is 2.61. The average Bonchev–Trinajstić information content (AvgIpc) is 2.97. The van der Waals surface area contributed by atoms with E-state index < -0.39 is 23.7 Å². The van der Waals surface area contributed by atoms with Crippen LogP contribution in [0.3, 0.4) is 0 Å². The Morgan fingerprint density at radius 2 is 2.06 bits per heavy atom. The van der Waals surface area contributed by atoms with E-state index in [1.165, 1.54) is 11.0 Å². The van der Waals surface area contributed by atoms with Crippen LogP contribution in [0.5, 0.6) is 0 Å². The fourth-order valence-corrected chi connectivity index (χ4v) is 1.76. The number of amides is 1. The zero-order chi connectivity index (χ0) is 13.9. The molecule has 102 valence electrons. The number of aliphatic carboxylic acids is 1. The molecule has 0 aliphatic heterocycles. The maximum Gasteiger partial charge on any atom is 0.411 e. The lowest BCUT2D eigenvalue weighted by molar-refractivity contribution is -0.143. The number of nitrogens with zero attached hydrogens (tertiary/aromatic N) is 1. The Morgan fingerprint density at radius 3 is 2.39 bits per heavy atom. The minimum Gasteiger partial charge on any atom is -0.480 e. The van der Waals surface area contributed by atoms with E-state index >= 15 is 0 Å². The summed E-state index contributed by atoms with van der Waals surface area (Å²) in [6.07, 6.45) is 2.60. The molecule has 0 radical (unpaired) electrons. The molecule has 0 spiro atoms. The zero-order valence-electron chi connectivity index (χ0n) is 11.2. The molecule has 18 heavy (non-hydrogen) atoms. The van der Waals surface area contributed by atoms with Gasteiger partial charge in [-0.1, -0.05) is 6.08 Å². The summed E-state index contributed by atoms with van der Waals surface area (Å²) >= 11 is 0. The van der Waals surface area contributed by atoms with Gasteiger partial charge in [-0.15, -0.1) is 6.58 Å². The smallest absolute Gasteiger partial charge is 0.411 e. The molecule has 0 aromatic heterocycles. The number of hydrogen-bond donors (Lipinski definition) is 1. The molecule has 0 aromatic carbocycles. The van der Waals surface area contributed by atoms with E-state index in [0.717, 1.165) is 12.8 Å². The Bertz CT molecular complexity index is 341. The van der Waals surface area contributed by atoms with Crippen molar-refractivity contribution >= 4 is 12.1 Å². The van der Waals surface area contributed by atoms with Crippen LogP contribution in [0.15, 0.2) is 12.7 Å². The summed E-state index contributed by atoms with van der Waals surface area (Å²) < 4.78 is 5.24. The first-order chi connectivity index (χ1) is 8.26. The van der Waals surface area contributed by atoms with Crippen LogP contribution in [0.25, 0.3) is 0 Å². The summed E-state index contributed by atoms with van der Waals surface area (Å²) in [7, 11) is 0. The van der Waals surface area contributed by atoms with Crippen LogP contribution >= 0.6 is 0 Å². The highest BCUT2D eigenvalue weighted by Crippen LogP contribution is 2.36. The fraction of sp³-hybridized carbons (Fsp3) is 0.692. The van der Waals surface area contributed by atoms with Gasteiger partial charge in [-0.05, 0) is 39.5 Å². The highest BCUT2D eigenvalue weighted by molar-refractivity contribution is 5.81. The first-order valence-corrected chi connectivity index (χ1v) is 6.09. The van der Waals surface area contributed by atoms with Crippen molar-refractivity contribution in [1.82, 2.24) is 4.90 Å². The van der Waals surface area contributed by atoms with Crippen LogP contribution in [-0.2, 0) is 9.53 Å². The summed E-state index contributed by atoms with van der Waals surface area (Å²) in [5, 5.41) is 9.24. The van der Waals surface area contributed by atoms with E-state index in [-0.39, 0.29) is 12.5 Å². The molecule has 0 saturated heterocycles. The second-order valence-electron chi connectivity index (χ2n) is 5.54. The maximum absolute atomic E-state index is 12.0. The van der Waals surface area contributed by atoms with Gasteiger partial charge in [0.25, 0.3) is 0 Å². The molecular formula is C13H21NO4. The molecule has 0 unspecified atom stereocenters. The molecule has 0 bridgehead atoms. The van der Waals surface area contributed by atoms with Crippen molar-refractivity contribution in [3.05, 3.63) is 12.7 Å². The third kappa shape index (κ3) is 4.05. The van der Waals surface area contributed by atoms with Gasteiger partial charge in [-0.3, -0.25) is 4.90 Å². The molecule has 1 amide bonds. The van der Waals surface area contributed by atoms with Gasteiger partial charge < -0.3 is 9.84 Å². The predicted molar refractivity (Wildman–Crippen MR) is 67.3 cm³/mol. The molecule has 5 heteroatoms. The second kappa shape index (κ2) is 5.42. The molecule has 0 aromatic rings. The third-order valence-corrected chi connectivity index (χ3v) is 2.61. The fourth-order valence-electron chi connectivity index (χ4n) is 1.76. The first kappa shape index (κ1) is 14.5. The quantitative estimate of drug-likeness (QED) is 0.765. The predicted octanol–water partition coefficient (Wildman–Crippen LogP) is 2.27. The number of carboxylic acid groups (broad SMARTS) is 1. The Labute approximate surface area is 107 Å². The monoisotopic (exact) mass is 255 g/mol. The van der Waals surface area contributed by atoms with Gasteiger partial charge in [0.1, 0.15) is 11.6 Å². The van der Waals surface area contributed by atoms with Gasteiger partial charge in [0, 0.05) is 6.54 Å². The minimum atomic E-state index is -0.981. The Balaban J connectivity index is 2.82. The van der Waals surface area contributed by atoms with Gasteiger partial charge in [0.15, 0.2) is 0 Å². The van der Waals surface area contributed by atoms with Gasteiger partial charge in [-0.2, -0.15) is 0 Å². The molecule has 5 nitrogen and oxygen atoms in total. The molecular weight excluding hydrogens is 234 g/mol. The largest absolute Gasteiger partial charge is 0.480 e. The summed E-state index contributed by atoms with van der Waals surface area (Å²) in [6, 6.07) is -0.808. The van der Waals surface area contributed by atoms with Gasteiger partial charge in [0.2, 0.25) is 0 Å². The first-order valence-electron chi connectivity index (χ1n) is 6.09. The van der Waals surface area contributed by atoms with E-state index in [1.807, 2.05) is 0 Å². The number of carbonyl (C=O) groups is 2. The average molecular weight is 255 g/mol. The van der Waals surface area contributed by atoms with E-state index in [9.17, 15) is 14.7 Å². The van der Waals surface area contributed by atoms with Crippen molar-refractivity contribution in [2.75, 3.05) is 6.54 Å². The van der Waals surface area contributed by atoms with Gasteiger partial charge in [0.05, 0.1) is 0 Å². The SMILES string of the molecule is C=CCN(C(=O)OC(C)(C)C)[C@H](C(=O)O)C1CC1. The number of carbonyl (C=O) groups excluding carboxylic acids is 1. The molecule has 1 fully saturated rings. The standard InChI is InChI=1S/C13H21NO4/c1-5-8-14(12(17)18-13(2,3)4)10(11(15)16)9-6-7-9/h5,9-10H,1,6-8H2,2-4H3,(H,15,16)/t10-/m0/s1. The Kier molecular flexibility index (Phi) is 4.38. The van der Waals surface area contributed by atoms with Gasteiger partial charge >= 0.3 is 12.1 Å². The summed E-state index contributed by atoms with van der Waals surface area (Å²) in [5.41, 5.74) is -0.636. The number of ether oxygens (including phenoxy) is 1. The highest BCUT2D eigenvalue weighted by atomic mass is 16.6. The van der Waals surface area contributed by atoms with Crippen molar-refractivity contribution in [2.24, 2.45) is 5.92 Å². The molecule has 0 heterocycles. The van der Waals surface area contributed by atoms with Gasteiger partial charge in [-0.25, -0.2) is 9.59 Å². The van der Waals surface area contributed by atoms with Crippen LogP contribution in [0.2, 0.25) is 0 Å². The van der Waals surface area contributed by atoms with E-state index in [0.29, 0.717) is 0 Å². The molecule has 1 atom stereocenters. The van der Waals surface area contributed by atoms with Crippen molar-refractivity contribution in [3.8, 4) is 0 Å². The normalized spacial score (nSPS) is 16.8. The summed E-state index contributed by atoms with van der Waals surface area (Å²) in [5.74, 6) is -0.944. The Morgan fingerprint density at radius 1 is 1.50 bits per heavy atom. The molecule has 1 saturated carbocycles. The van der Waals surface area contributed by atoms with Crippen LogP contribution in [0.1, 0.15) is 33.6 Å². The molecule has 1 rings (SSSR count). The van der Waals surface area contributed by atoms with Crippen LogP contribution in [-0.4, -0.2) is 40.3 Å². The topological polar surface area (TPSA) is 66.8 Å². The molecule has 1 N–H and O–H groups in total. The van der Waals surface area contributed by atoms with Crippen LogP contribution in [0.4, 0.5) is 4.79 Å². The second-order valence-corrected chi connectivity index (χ2v) is 5.54. The molecule has 1 aliphatic rings. The maximum atomic E-state index is 12.0. The lowest BCUT2D eigenvalue weighted by Crippen LogP contribution is -2.48. The zero-order valence-corrected chi connectivity index (χ0v) is 11.2. The van der Waals surface area contributed by atoms with E-state index in [4.69, 9.17) is 4.74 Å².